The number of halogens is 1. The van der Waals surface area contributed by atoms with E-state index in [1.54, 1.807) is 42.5 Å². The topological polar surface area (TPSA) is 89.0 Å². The minimum atomic E-state index is -0.477. The largest absolute Gasteiger partial charge is 0.496 e. The van der Waals surface area contributed by atoms with E-state index in [9.17, 15) is 9.59 Å². The van der Waals surface area contributed by atoms with Gasteiger partial charge >= 0.3 is 0 Å². The van der Waals surface area contributed by atoms with Crippen LogP contribution >= 0.6 is 11.6 Å². The van der Waals surface area contributed by atoms with E-state index in [0.717, 1.165) is 0 Å². The van der Waals surface area contributed by atoms with Crippen molar-refractivity contribution < 1.29 is 19.1 Å². The molecule has 2 aromatic carbocycles. The van der Waals surface area contributed by atoms with Gasteiger partial charge in [0.2, 0.25) is 0 Å². The van der Waals surface area contributed by atoms with E-state index >= 15 is 0 Å². The molecule has 8 heteroatoms. The van der Waals surface area contributed by atoms with E-state index in [1.165, 1.54) is 13.3 Å². The predicted octanol–water partition coefficient (Wildman–Crippen LogP) is 2.63. The van der Waals surface area contributed by atoms with Gasteiger partial charge in [-0.1, -0.05) is 23.7 Å². The van der Waals surface area contributed by atoms with Gasteiger partial charge < -0.3 is 14.8 Å². The van der Waals surface area contributed by atoms with E-state index in [-0.39, 0.29) is 6.54 Å². The number of hydrogen-bond donors (Lipinski definition) is 2. The Morgan fingerprint density at radius 2 is 1.96 bits per heavy atom. The smallest absolute Gasteiger partial charge is 0.259 e. The first kappa shape index (κ1) is 20.3. The molecule has 0 heterocycles. The van der Waals surface area contributed by atoms with Gasteiger partial charge in [0.25, 0.3) is 11.8 Å². The Bertz CT molecular complexity index is 839. The molecule has 0 saturated heterocycles. The van der Waals surface area contributed by atoms with E-state index in [0.29, 0.717) is 34.3 Å². The monoisotopic (exact) mass is 389 g/mol. The van der Waals surface area contributed by atoms with Crippen LogP contribution in [0.3, 0.4) is 0 Å². The molecule has 27 heavy (non-hydrogen) atoms. The van der Waals surface area contributed by atoms with Crippen molar-refractivity contribution in [1.82, 2.24) is 10.7 Å². The summed E-state index contributed by atoms with van der Waals surface area (Å²) in [6, 6.07) is 11.8. The number of methoxy groups -OCH3 is 1. The lowest BCUT2D eigenvalue weighted by Gasteiger charge is -2.08. The van der Waals surface area contributed by atoms with Crippen LogP contribution < -0.4 is 20.2 Å². The summed E-state index contributed by atoms with van der Waals surface area (Å²) in [7, 11) is 1.47. The number of hydrazone groups is 1. The fourth-order valence-electron chi connectivity index (χ4n) is 2.21. The minimum Gasteiger partial charge on any atom is -0.496 e. The molecule has 2 N–H and O–H groups in total. The SMILES string of the molecule is CCOc1ccc(Cl)cc1C=NNC(=O)CNC(=O)c1ccccc1OC. The molecule has 0 saturated carbocycles. The van der Waals surface area contributed by atoms with Gasteiger partial charge in [-0.3, -0.25) is 9.59 Å². The number of hydrogen-bond acceptors (Lipinski definition) is 5. The quantitative estimate of drug-likeness (QED) is 0.536. The van der Waals surface area contributed by atoms with Crippen molar-refractivity contribution in [3.05, 3.63) is 58.6 Å². The lowest BCUT2D eigenvalue weighted by molar-refractivity contribution is -0.120. The van der Waals surface area contributed by atoms with Crippen LogP contribution in [0.5, 0.6) is 11.5 Å². The van der Waals surface area contributed by atoms with Crippen LogP contribution in [0.2, 0.25) is 5.02 Å². The predicted molar refractivity (Wildman–Crippen MR) is 104 cm³/mol. The minimum absolute atomic E-state index is 0.234. The zero-order chi connectivity index (χ0) is 19.6. The maximum Gasteiger partial charge on any atom is 0.259 e. The molecule has 0 aromatic heterocycles. The second-order valence-corrected chi connectivity index (χ2v) is 5.73. The maximum atomic E-state index is 12.1. The van der Waals surface area contributed by atoms with Crippen molar-refractivity contribution in [2.75, 3.05) is 20.3 Å². The first-order valence-electron chi connectivity index (χ1n) is 8.20. The number of carbonyl (C=O) groups is 2. The zero-order valence-corrected chi connectivity index (χ0v) is 15.7. The molecule has 7 nitrogen and oxygen atoms in total. The number of carbonyl (C=O) groups excluding carboxylic acids is 2. The van der Waals surface area contributed by atoms with E-state index in [2.05, 4.69) is 15.8 Å². The molecule has 0 radical (unpaired) electrons. The Morgan fingerprint density at radius 3 is 2.70 bits per heavy atom. The van der Waals surface area contributed by atoms with Crippen molar-refractivity contribution in [2.45, 2.75) is 6.92 Å². The summed E-state index contributed by atoms with van der Waals surface area (Å²) in [4.78, 5) is 24.0. The fourth-order valence-corrected chi connectivity index (χ4v) is 2.39. The first-order valence-corrected chi connectivity index (χ1v) is 8.58. The second-order valence-electron chi connectivity index (χ2n) is 5.29. The highest BCUT2D eigenvalue weighted by atomic mass is 35.5. The molecular weight excluding hydrogens is 370 g/mol. The van der Waals surface area contributed by atoms with Gasteiger partial charge in [0.05, 0.1) is 32.0 Å². The third-order valence-electron chi connectivity index (χ3n) is 3.43. The molecule has 0 aliphatic heterocycles. The van der Waals surface area contributed by atoms with Gasteiger partial charge in [0.15, 0.2) is 0 Å². The fraction of sp³-hybridized carbons (Fsp3) is 0.211. The average Bonchev–Trinajstić information content (AvgIpc) is 2.68. The molecule has 0 fully saturated rings. The number of para-hydroxylation sites is 1. The second kappa shape index (κ2) is 10.2. The third kappa shape index (κ3) is 6.00. The highest BCUT2D eigenvalue weighted by Crippen LogP contribution is 2.21. The Labute approximate surface area is 162 Å². The summed E-state index contributed by atoms with van der Waals surface area (Å²) < 4.78 is 10.6. The van der Waals surface area contributed by atoms with Crippen LogP contribution in [0, 0.1) is 0 Å². The van der Waals surface area contributed by atoms with Gasteiger partial charge in [0.1, 0.15) is 11.5 Å². The zero-order valence-electron chi connectivity index (χ0n) is 15.0. The maximum absolute atomic E-state index is 12.1. The molecule has 0 aliphatic rings. The molecule has 0 aliphatic carbocycles. The van der Waals surface area contributed by atoms with Crippen molar-refractivity contribution in [2.24, 2.45) is 5.10 Å². The van der Waals surface area contributed by atoms with Crippen LogP contribution in [0.1, 0.15) is 22.8 Å². The van der Waals surface area contributed by atoms with Crippen molar-refractivity contribution in [1.29, 1.82) is 0 Å². The molecule has 0 atom stereocenters. The molecule has 2 aromatic rings. The number of nitrogens with one attached hydrogen (secondary N) is 2. The summed E-state index contributed by atoms with van der Waals surface area (Å²) >= 11 is 5.96. The molecule has 0 bridgehead atoms. The Morgan fingerprint density at radius 1 is 1.19 bits per heavy atom. The summed E-state index contributed by atoms with van der Waals surface area (Å²) in [5.74, 6) is 0.136. The molecule has 0 spiro atoms. The summed E-state index contributed by atoms with van der Waals surface area (Å²) in [5, 5.41) is 6.91. The number of ether oxygens (including phenoxy) is 2. The Hall–Kier alpha value is -3.06. The van der Waals surface area contributed by atoms with Crippen molar-refractivity contribution in [3.63, 3.8) is 0 Å². The number of benzene rings is 2. The number of nitrogens with zero attached hydrogens (tertiary/aromatic N) is 1. The van der Waals surface area contributed by atoms with Gasteiger partial charge in [-0.05, 0) is 37.3 Å². The normalized spacial score (nSPS) is 10.5. The van der Waals surface area contributed by atoms with Crippen molar-refractivity contribution >= 4 is 29.6 Å². The van der Waals surface area contributed by atoms with Crippen LogP contribution in [0.15, 0.2) is 47.6 Å². The van der Waals surface area contributed by atoms with E-state index in [1.807, 2.05) is 6.92 Å². The number of amides is 2. The Kier molecular flexibility index (Phi) is 7.63. The van der Waals surface area contributed by atoms with Gasteiger partial charge in [0, 0.05) is 10.6 Å². The van der Waals surface area contributed by atoms with Crippen LogP contribution in [-0.2, 0) is 4.79 Å². The average molecular weight is 390 g/mol. The Balaban J connectivity index is 1.90. The van der Waals surface area contributed by atoms with Crippen LogP contribution in [0.25, 0.3) is 0 Å². The summed E-state index contributed by atoms with van der Waals surface area (Å²) in [5.41, 5.74) is 3.31. The lowest BCUT2D eigenvalue weighted by Crippen LogP contribution is -2.35. The molecular formula is C19H20ClN3O4. The lowest BCUT2D eigenvalue weighted by atomic mass is 10.2. The van der Waals surface area contributed by atoms with Crippen LogP contribution in [0.4, 0.5) is 0 Å². The third-order valence-corrected chi connectivity index (χ3v) is 3.66. The first-order chi connectivity index (χ1) is 13.0. The molecule has 0 unspecified atom stereocenters. The van der Waals surface area contributed by atoms with Gasteiger partial charge in [-0.2, -0.15) is 5.10 Å². The van der Waals surface area contributed by atoms with Crippen molar-refractivity contribution in [3.8, 4) is 11.5 Å². The molecule has 2 rings (SSSR count). The highest BCUT2D eigenvalue weighted by molar-refractivity contribution is 6.30. The van der Waals surface area contributed by atoms with Gasteiger partial charge in [-0.15, -0.1) is 0 Å². The number of rotatable bonds is 8. The summed E-state index contributed by atoms with van der Waals surface area (Å²) in [6.07, 6.45) is 1.43. The summed E-state index contributed by atoms with van der Waals surface area (Å²) in [6.45, 7) is 2.12. The van der Waals surface area contributed by atoms with E-state index in [4.69, 9.17) is 21.1 Å². The van der Waals surface area contributed by atoms with Gasteiger partial charge in [-0.25, -0.2) is 5.43 Å². The van der Waals surface area contributed by atoms with E-state index < -0.39 is 11.8 Å². The molecule has 142 valence electrons. The highest BCUT2D eigenvalue weighted by Gasteiger charge is 2.12. The van der Waals surface area contributed by atoms with Crippen LogP contribution in [-0.4, -0.2) is 38.3 Å². The standard InChI is InChI=1S/C19H20ClN3O4/c1-3-27-16-9-8-14(20)10-13(16)11-22-23-18(24)12-21-19(25)15-6-4-5-7-17(15)26-2/h4-11H,3,12H2,1-2H3,(H,21,25)(H,23,24). The molecule has 2 amide bonds.